The number of rotatable bonds is 8. The maximum absolute atomic E-state index is 13.6. The highest BCUT2D eigenvalue weighted by Gasteiger charge is 2.58. The van der Waals surface area contributed by atoms with Gasteiger partial charge in [0.15, 0.2) is 6.10 Å². The van der Waals surface area contributed by atoms with Crippen LogP contribution in [0.25, 0.3) is 0 Å². The zero-order chi connectivity index (χ0) is 27.5. The molecule has 0 saturated carbocycles. The first-order valence-electron chi connectivity index (χ1n) is 12.6. The number of cyclic esters (lactones) is 1. The number of aliphatic carboxylic acids is 2. The van der Waals surface area contributed by atoms with E-state index in [9.17, 15) is 14.4 Å². The average Bonchev–Trinajstić information content (AvgIpc) is 3.06. The number of quaternary nitrogens is 1. The third-order valence-corrected chi connectivity index (χ3v) is 7.40. The first-order valence-corrected chi connectivity index (χ1v) is 13.4. The number of carbonyl (C=O) groups is 3. The molecular weight excluding hydrogens is 556 g/mol. The molecule has 0 aliphatic carbocycles. The van der Waals surface area contributed by atoms with Crippen LogP contribution < -0.4 is 0 Å². The summed E-state index contributed by atoms with van der Waals surface area (Å²) in [6, 6.07) is 18.6. The monoisotopic (exact) mass is 589 g/mol. The standard InChI is InChI=1S/C24H30BrN2O3.C4H4O4/c1-2-23(19-9-4-3-5-10-19)27(26-13-8-15-29-16-14-26)18-21(30-24(27)28)17-20-11-6-7-12-22(20)25;5-3(6)1-2-4(7)8/h3-7,9-12,21,23H,2,8,13-18H2,1H3;1-2H,(H,5,6)(H,7,8)/q+1;/b;2-1+. The van der Waals surface area contributed by atoms with Gasteiger partial charge in [-0.25, -0.2) is 9.59 Å². The number of nitrogens with zero attached hydrogens (tertiary/aromatic N) is 2. The molecule has 4 rings (SSSR count). The number of halogens is 1. The Balaban J connectivity index is 0.000000436. The van der Waals surface area contributed by atoms with E-state index < -0.39 is 11.9 Å². The molecule has 1 amide bonds. The van der Waals surface area contributed by atoms with E-state index in [0.717, 1.165) is 37.0 Å². The SMILES string of the molecule is CCC(c1ccccc1)[N+]1(N2CCCOCC2)CC(Cc2ccccc2Br)OC1=O.O=C(O)/C=C/C(=O)O. The Bertz CT molecular complexity index is 1100. The van der Waals surface area contributed by atoms with Crippen LogP contribution in [0.2, 0.25) is 0 Å². The Labute approximate surface area is 230 Å². The third-order valence-electron chi connectivity index (χ3n) is 6.63. The Morgan fingerprint density at radius 1 is 1.05 bits per heavy atom. The summed E-state index contributed by atoms with van der Waals surface area (Å²) in [7, 11) is 0. The van der Waals surface area contributed by atoms with Crippen molar-refractivity contribution in [1.29, 1.82) is 0 Å². The fourth-order valence-electron chi connectivity index (χ4n) is 5.05. The van der Waals surface area contributed by atoms with Crippen molar-refractivity contribution in [3.63, 3.8) is 0 Å². The Morgan fingerprint density at radius 3 is 2.34 bits per heavy atom. The second-order valence-electron chi connectivity index (χ2n) is 9.07. The van der Waals surface area contributed by atoms with E-state index in [1.165, 1.54) is 11.1 Å². The fourth-order valence-corrected chi connectivity index (χ4v) is 5.49. The minimum atomic E-state index is -1.26. The Morgan fingerprint density at radius 2 is 1.71 bits per heavy atom. The molecule has 2 fully saturated rings. The van der Waals surface area contributed by atoms with E-state index in [-0.39, 0.29) is 22.8 Å². The molecule has 2 aromatic rings. The molecule has 0 radical (unpaired) electrons. The number of benzene rings is 2. The number of amides is 1. The van der Waals surface area contributed by atoms with Gasteiger partial charge in [-0.15, -0.1) is 9.60 Å². The number of hydrogen-bond donors (Lipinski definition) is 2. The van der Waals surface area contributed by atoms with Gasteiger partial charge in [0.25, 0.3) is 0 Å². The van der Waals surface area contributed by atoms with Crippen molar-refractivity contribution in [3.05, 3.63) is 82.3 Å². The van der Waals surface area contributed by atoms with Crippen LogP contribution in [0.4, 0.5) is 4.79 Å². The molecule has 2 heterocycles. The Hall–Kier alpha value is -3.05. The summed E-state index contributed by atoms with van der Waals surface area (Å²) in [6.45, 7) is 5.77. The molecule has 2 aliphatic heterocycles. The number of carboxylic acid groups (broad SMARTS) is 2. The van der Waals surface area contributed by atoms with Crippen LogP contribution in [0, 0.1) is 0 Å². The van der Waals surface area contributed by atoms with Crippen molar-refractivity contribution < 1.29 is 38.7 Å². The summed E-state index contributed by atoms with van der Waals surface area (Å²) in [5, 5.41) is 17.9. The zero-order valence-corrected chi connectivity index (χ0v) is 23.0. The lowest BCUT2D eigenvalue weighted by Crippen LogP contribution is -2.63. The van der Waals surface area contributed by atoms with E-state index in [0.29, 0.717) is 31.7 Å². The van der Waals surface area contributed by atoms with Crippen molar-refractivity contribution >= 4 is 34.0 Å². The minimum Gasteiger partial charge on any atom is -0.478 e. The van der Waals surface area contributed by atoms with Gasteiger partial charge in [-0.1, -0.05) is 71.4 Å². The highest BCUT2D eigenvalue weighted by Crippen LogP contribution is 2.40. The molecule has 9 nitrogen and oxygen atoms in total. The van der Waals surface area contributed by atoms with Crippen LogP contribution in [-0.2, 0) is 25.5 Å². The summed E-state index contributed by atoms with van der Waals surface area (Å²) in [4.78, 5) is 32.7. The molecular formula is C28H34BrN2O7+. The summed E-state index contributed by atoms with van der Waals surface area (Å²) >= 11 is 3.64. The van der Waals surface area contributed by atoms with Gasteiger partial charge in [-0.2, -0.15) is 4.79 Å². The number of carboxylic acids is 2. The maximum atomic E-state index is 13.6. The summed E-state index contributed by atoms with van der Waals surface area (Å²) in [5.41, 5.74) is 2.35. The highest BCUT2D eigenvalue weighted by atomic mass is 79.9. The molecule has 0 spiro atoms. The quantitative estimate of drug-likeness (QED) is 0.332. The minimum absolute atomic E-state index is 0.0287. The van der Waals surface area contributed by atoms with Crippen molar-refractivity contribution in [2.24, 2.45) is 0 Å². The van der Waals surface area contributed by atoms with E-state index in [1.807, 2.05) is 24.3 Å². The van der Waals surface area contributed by atoms with Crippen LogP contribution in [0.1, 0.15) is 36.9 Å². The molecule has 38 heavy (non-hydrogen) atoms. The molecule has 10 heteroatoms. The van der Waals surface area contributed by atoms with Gasteiger partial charge < -0.3 is 19.7 Å². The highest BCUT2D eigenvalue weighted by molar-refractivity contribution is 9.10. The number of carbonyl (C=O) groups excluding carboxylic acids is 1. The lowest BCUT2D eigenvalue weighted by Gasteiger charge is -2.43. The lowest BCUT2D eigenvalue weighted by molar-refractivity contribution is -0.988. The van der Waals surface area contributed by atoms with Crippen LogP contribution in [0.3, 0.4) is 0 Å². The van der Waals surface area contributed by atoms with Gasteiger partial charge in [0, 0.05) is 41.6 Å². The van der Waals surface area contributed by atoms with E-state index in [1.54, 1.807) is 0 Å². The van der Waals surface area contributed by atoms with Gasteiger partial charge in [0.05, 0.1) is 19.7 Å². The van der Waals surface area contributed by atoms with Crippen molar-refractivity contribution in [2.45, 2.75) is 38.3 Å². The first-order chi connectivity index (χ1) is 18.3. The van der Waals surface area contributed by atoms with E-state index >= 15 is 0 Å². The molecule has 0 aromatic heterocycles. The molecule has 2 aliphatic rings. The van der Waals surface area contributed by atoms with Gasteiger partial charge in [-0.05, 0) is 18.1 Å². The van der Waals surface area contributed by atoms with Crippen molar-refractivity contribution in [1.82, 2.24) is 5.01 Å². The molecule has 3 unspecified atom stereocenters. The van der Waals surface area contributed by atoms with Gasteiger partial charge in [-0.3, -0.25) is 0 Å². The molecule has 2 saturated heterocycles. The Kier molecular flexibility index (Phi) is 11.0. The smallest absolute Gasteiger partial charge is 0.478 e. The second-order valence-corrected chi connectivity index (χ2v) is 9.93. The van der Waals surface area contributed by atoms with Crippen molar-refractivity contribution in [2.75, 3.05) is 32.8 Å². The fraction of sp³-hybridized carbons (Fsp3) is 0.393. The number of hydrogen-bond acceptors (Lipinski definition) is 6. The van der Waals surface area contributed by atoms with Gasteiger partial charge in [0.1, 0.15) is 12.6 Å². The zero-order valence-electron chi connectivity index (χ0n) is 21.4. The van der Waals surface area contributed by atoms with Gasteiger partial charge >= 0.3 is 18.0 Å². The van der Waals surface area contributed by atoms with Crippen LogP contribution in [0.5, 0.6) is 0 Å². The predicted octanol–water partition coefficient (Wildman–Crippen LogP) is 4.83. The molecule has 3 atom stereocenters. The molecule has 204 valence electrons. The van der Waals surface area contributed by atoms with Crippen LogP contribution in [-0.4, -0.2) is 76.8 Å². The second kappa shape index (κ2) is 14.2. The number of ether oxygens (including phenoxy) is 2. The topological polar surface area (TPSA) is 113 Å². The molecule has 2 aromatic carbocycles. The average molecular weight is 590 g/mol. The largest absolute Gasteiger partial charge is 0.537 e. The maximum Gasteiger partial charge on any atom is 0.537 e. The van der Waals surface area contributed by atoms with Crippen molar-refractivity contribution in [3.8, 4) is 0 Å². The van der Waals surface area contributed by atoms with E-state index in [2.05, 4.69) is 58.2 Å². The third kappa shape index (κ3) is 7.50. The van der Waals surface area contributed by atoms with E-state index in [4.69, 9.17) is 19.7 Å². The lowest BCUT2D eigenvalue weighted by atomic mass is 10.0. The van der Waals surface area contributed by atoms with Crippen LogP contribution in [0.15, 0.2) is 71.2 Å². The normalized spacial score (nSPS) is 22.7. The summed E-state index contributed by atoms with van der Waals surface area (Å²) < 4.78 is 13.1. The first kappa shape index (κ1) is 29.5. The molecule has 2 N–H and O–H groups in total. The summed E-state index contributed by atoms with van der Waals surface area (Å²) in [6.07, 6.45) is 3.32. The predicted molar refractivity (Wildman–Crippen MR) is 144 cm³/mol. The van der Waals surface area contributed by atoms with Gasteiger partial charge in [0.2, 0.25) is 0 Å². The summed E-state index contributed by atoms with van der Waals surface area (Å²) in [5.74, 6) is -2.51. The molecule has 0 bridgehead atoms. The van der Waals surface area contributed by atoms with Crippen LogP contribution >= 0.6 is 15.9 Å².